The lowest BCUT2D eigenvalue weighted by molar-refractivity contribution is -0.274. The van der Waals surface area contributed by atoms with Gasteiger partial charge in [-0.25, -0.2) is 0 Å². The molecule has 0 aromatic heterocycles. The van der Waals surface area contributed by atoms with Crippen LogP contribution >= 0.6 is 0 Å². The summed E-state index contributed by atoms with van der Waals surface area (Å²) in [4.78, 5) is 11.9. The van der Waals surface area contributed by atoms with E-state index in [0.29, 0.717) is 12.6 Å². The summed E-state index contributed by atoms with van der Waals surface area (Å²) < 4.78 is 40.5. The van der Waals surface area contributed by atoms with Crippen molar-refractivity contribution in [1.82, 2.24) is 5.32 Å². The fourth-order valence-corrected chi connectivity index (χ4v) is 1.72. The fourth-order valence-electron chi connectivity index (χ4n) is 1.72. The molecule has 19 heavy (non-hydrogen) atoms. The van der Waals surface area contributed by atoms with Crippen LogP contribution in [-0.4, -0.2) is 24.7 Å². The van der Waals surface area contributed by atoms with Crippen molar-refractivity contribution >= 4 is 5.78 Å². The average molecular weight is 273 g/mol. The third-order valence-electron chi connectivity index (χ3n) is 2.78. The quantitative estimate of drug-likeness (QED) is 0.810. The standard InChI is InChI=1S/C13H14F3NO2/c14-13(15,16)19-12-4-2-1-3-10(12)11(18)7-8-17-9-5-6-9/h1-4,9,17H,5-8H2. The van der Waals surface area contributed by atoms with E-state index in [0.717, 1.165) is 18.9 Å². The van der Waals surface area contributed by atoms with Gasteiger partial charge in [-0.15, -0.1) is 13.2 Å². The molecule has 0 radical (unpaired) electrons. The van der Waals surface area contributed by atoms with Crippen LogP contribution in [-0.2, 0) is 0 Å². The summed E-state index contributed by atoms with van der Waals surface area (Å²) in [6.45, 7) is 0.476. The number of para-hydroxylation sites is 1. The van der Waals surface area contributed by atoms with E-state index in [2.05, 4.69) is 10.1 Å². The van der Waals surface area contributed by atoms with Gasteiger partial charge < -0.3 is 10.1 Å². The molecule has 1 N–H and O–H groups in total. The maximum Gasteiger partial charge on any atom is 0.573 e. The zero-order chi connectivity index (χ0) is 13.9. The highest BCUT2D eigenvalue weighted by molar-refractivity contribution is 5.98. The molecule has 0 bridgehead atoms. The molecule has 104 valence electrons. The second kappa shape index (κ2) is 5.61. The van der Waals surface area contributed by atoms with Gasteiger partial charge in [-0.2, -0.15) is 0 Å². The Labute approximate surface area is 108 Å². The number of halogens is 3. The molecule has 1 fully saturated rings. The summed E-state index contributed by atoms with van der Waals surface area (Å²) >= 11 is 0. The SMILES string of the molecule is O=C(CCNC1CC1)c1ccccc1OC(F)(F)F. The van der Waals surface area contributed by atoms with Crippen LogP contribution < -0.4 is 10.1 Å². The molecule has 3 nitrogen and oxygen atoms in total. The third kappa shape index (κ3) is 4.55. The van der Waals surface area contributed by atoms with Crippen molar-refractivity contribution in [1.29, 1.82) is 0 Å². The minimum absolute atomic E-state index is 0.0302. The summed E-state index contributed by atoms with van der Waals surface area (Å²) in [5.74, 6) is -0.792. The number of benzene rings is 1. The largest absolute Gasteiger partial charge is 0.573 e. The Morgan fingerprint density at radius 1 is 1.32 bits per heavy atom. The molecule has 1 aromatic carbocycles. The number of rotatable bonds is 6. The maximum absolute atomic E-state index is 12.2. The Hall–Kier alpha value is -1.56. The molecule has 1 aliphatic rings. The van der Waals surface area contributed by atoms with Gasteiger partial charge in [-0.1, -0.05) is 12.1 Å². The van der Waals surface area contributed by atoms with Gasteiger partial charge in [0.1, 0.15) is 5.75 Å². The van der Waals surface area contributed by atoms with Crippen molar-refractivity contribution in [3.8, 4) is 5.75 Å². The maximum atomic E-state index is 12.2. The van der Waals surface area contributed by atoms with Crippen molar-refractivity contribution in [2.75, 3.05) is 6.54 Å². The van der Waals surface area contributed by atoms with E-state index in [4.69, 9.17) is 0 Å². The molecule has 0 spiro atoms. The van der Waals surface area contributed by atoms with Crippen molar-refractivity contribution in [2.24, 2.45) is 0 Å². The number of carbonyl (C=O) groups is 1. The van der Waals surface area contributed by atoms with E-state index in [1.54, 1.807) is 0 Å². The van der Waals surface area contributed by atoms with Crippen LogP contribution in [0.25, 0.3) is 0 Å². The zero-order valence-electron chi connectivity index (χ0n) is 10.2. The Balaban J connectivity index is 1.98. The van der Waals surface area contributed by atoms with Crippen molar-refractivity contribution in [2.45, 2.75) is 31.7 Å². The highest BCUT2D eigenvalue weighted by Crippen LogP contribution is 2.27. The number of ether oxygens (including phenoxy) is 1. The fraction of sp³-hybridized carbons (Fsp3) is 0.462. The Morgan fingerprint density at radius 3 is 2.63 bits per heavy atom. The second-order valence-electron chi connectivity index (χ2n) is 4.45. The summed E-state index contributed by atoms with van der Waals surface area (Å²) in [6, 6.07) is 5.88. The molecule has 0 heterocycles. The summed E-state index contributed by atoms with van der Waals surface area (Å²) in [5, 5.41) is 3.14. The molecule has 1 aliphatic carbocycles. The van der Waals surface area contributed by atoms with E-state index < -0.39 is 12.1 Å². The molecule has 0 unspecified atom stereocenters. The van der Waals surface area contributed by atoms with Crippen LogP contribution in [0.15, 0.2) is 24.3 Å². The van der Waals surface area contributed by atoms with Crippen LogP contribution in [0.3, 0.4) is 0 Å². The summed E-state index contributed by atoms with van der Waals surface area (Å²) in [6.07, 6.45) is -2.43. The Kier molecular flexibility index (Phi) is 4.09. The molecular weight excluding hydrogens is 259 g/mol. The minimum atomic E-state index is -4.79. The molecule has 2 rings (SSSR count). The average Bonchev–Trinajstić information content (AvgIpc) is 3.11. The van der Waals surface area contributed by atoms with E-state index in [1.807, 2.05) is 0 Å². The lowest BCUT2D eigenvalue weighted by Crippen LogP contribution is -2.22. The van der Waals surface area contributed by atoms with Gasteiger partial charge in [-0.3, -0.25) is 4.79 Å². The number of hydrogen-bond donors (Lipinski definition) is 1. The molecule has 1 saturated carbocycles. The zero-order valence-corrected chi connectivity index (χ0v) is 10.2. The van der Waals surface area contributed by atoms with Gasteiger partial charge in [0.25, 0.3) is 0 Å². The highest BCUT2D eigenvalue weighted by atomic mass is 19.4. The van der Waals surface area contributed by atoms with Gasteiger partial charge in [0.15, 0.2) is 5.78 Å². The molecule has 0 saturated heterocycles. The molecule has 1 aromatic rings. The third-order valence-corrected chi connectivity index (χ3v) is 2.78. The van der Waals surface area contributed by atoms with Crippen LogP contribution in [0.1, 0.15) is 29.6 Å². The second-order valence-corrected chi connectivity index (χ2v) is 4.45. The van der Waals surface area contributed by atoms with E-state index in [-0.39, 0.29) is 17.8 Å². The molecule has 0 aliphatic heterocycles. The number of ketones is 1. The number of hydrogen-bond acceptors (Lipinski definition) is 3. The summed E-state index contributed by atoms with van der Waals surface area (Å²) in [7, 11) is 0. The number of alkyl halides is 3. The predicted octanol–water partition coefficient (Wildman–Crippen LogP) is 2.91. The molecule has 0 amide bonds. The monoisotopic (exact) mass is 273 g/mol. The van der Waals surface area contributed by atoms with E-state index in [1.165, 1.54) is 18.2 Å². The number of nitrogens with one attached hydrogen (secondary N) is 1. The Bertz CT molecular complexity index is 455. The van der Waals surface area contributed by atoms with Gasteiger partial charge in [-0.05, 0) is 25.0 Å². The molecule has 0 atom stereocenters. The van der Waals surface area contributed by atoms with Crippen molar-refractivity contribution in [3.05, 3.63) is 29.8 Å². The van der Waals surface area contributed by atoms with E-state index >= 15 is 0 Å². The van der Waals surface area contributed by atoms with Gasteiger partial charge in [0.2, 0.25) is 0 Å². The van der Waals surface area contributed by atoms with Crippen molar-refractivity contribution in [3.63, 3.8) is 0 Å². The van der Waals surface area contributed by atoms with Gasteiger partial charge in [0.05, 0.1) is 5.56 Å². The first-order valence-electron chi connectivity index (χ1n) is 6.07. The van der Waals surface area contributed by atoms with Crippen molar-refractivity contribution < 1.29 is 22.7 Å². The summed E-state index contributed by atoms with van der Waals surface area (Å²) in [5.41, 5.74) is -0.0302. The first kappa shape index (κ1) is 13.9. The minimum Gasteiger partial charge on any atom is -0.405 e. The highest BCUT2D eigenvalue weighted by Gasteiger charge is 2.32. The topological polar surface area (TPSA) is 38.3 Å². The van der Waals surface area contributed by atoms with Gasteiger partial charge >= 0.3 is 6.36 Å². The lowest BCUT2D eigenvalue weighted by Gasteiger charge is -2.12. The smallest absolute Gasteiger partial charge is 0.405 e. The van der Waals surface area contributed by atoms with E-state index in [9.17, 15) is 18.0 Å². The van der Waals surface area contributed by atoms with Crippen LogP contribution in [0.5, 0.6) is 5.75 Å². The first-order chi connectivity index (χ1) is 8.96. The Morgan fingerprint density at radius 2 is 2.00 bits per heavy atom. The molecular formula is C13H14F3NO2. The lowest BCUT2D eigenvalue weighted by atomic mass is 10.1. The van der Waals surface area contributed by atoms with Gasteiger partial charge in [0, 0.05) is 19.0 Å². The number of carbonyl (C=O) groups excluding carboxylic acids is 1. The normalized spacial score (nSPS) is 15.3. The predicted molar refractivity (Wildman–Crippen MR) is 63.1 cm³/mol. The van der Waals surface area contributed by atoms with Crippen LogP contribution in [0.4, 0.5) is 13.2 Å². The number of Topliss-reactive ketones (excluding diaryl/α,β-unsaturated/α-hetero) is 1. The van der Waals surface area contributed by atoms with Crippen LogP contribution in [0, 0.1) is 0 Å². The van der Waals surface area contributed by atoms with Crippen LogP contribution in [0.2, 0.25) is 0 Å². The molecule has 6 heteroatoms. The first-order valence-corrected chi connectivity index (χ1v) is 6.07.